The summed E-state index contributed by atoms with van der Waals surface area (Å²) < 4.78 is 6.74. The molecule has 156 valence electrons. The van der Waals surface area contributed by atoms with Crippen molar-refractivity contribution in [2.75, 3.05) is 20.7 Å². The standard InChI is InChI=1S/C27H32N2O/c1-4-10-21-19-26(29(2)3,20-11-6-5-7-12-20)16-17-27(21)25-23(15-18-30-27)22-13-8-9-14-24(22)28-25/h4-9,11-14,21,28H,1,10,15-19H2,2-3H3. The van der Waals surface area contributed by atoms with Gasteiger partial charge in [0, 0.05) is 16.4 Å². The molecule has 3 atom stereocenters. The van der Waals surface area contributed by atoms with Gasteiger partial charge in [0.25, 0.3) is 0 Å². The van der Waals surface area contributed by atoms with Crippen LogP contribution < -0.4 is 0 Å². The molecule has 1 aliphatic carbocycles. The lowest BCUT2D eigenvalue weighted by molar-refractivity contribution is -0.152. The molecule has 0 radical (unpaired) electrons. The Morgan fingerprint density at radius 1 is 1.10 bits per heavy atom. The van der Waals surface area contributed by atoms with Crippen molar-refractivity contribution < 1.29 is 4.74 Å². The highest BCUT2D eigenvalue weighted by Gasteiger charge is 2.54. The third kappa shape index (κ3) is 2.79. The number of nitrogens with zero attached hydrogens (tertiary/aromatic N) is 1. The van der Waals surface area contributed by atoms with Gasteiger partial charge in [-0.05, 0) is 69.3 Å². The van der Waals surface area contributed by atoms with Crippen LogP contribution in [0.5, 0.6) is 0 Å². The van der Waals surface area contributed by atoms with Crippen molar-refractivity contribution in [1.82, 2.24) is 9.88 Å². The SMILES string of the molecule is C=CCC1CC(c2ccccc2)(N(C)C)CCC12OCCc1c2[nH]c2ccccc12. The molecule has 2 aliphatic rings. The molecule has 0 bridgehead atoms. The van der Waals surface area contributed by atoms with Crippen molar-refractivity contribution in [3.63, 3.8) is 0 Å². The Morgan fingerprint density at radius 2 is 1.87 bits per heavy atom. The molecule has 3 heteroatoms. The minimum atomic E-state index is -0.255. The Bertz CT molecular complexity index is 1050. The predicted octanol–water partition coefficient (Wildman–Crippen LogP) is 5.77. The van der Waals surface area contributed by atoms with Gasteiger partial charge in [-0.3, -0.25) is 4.90 Å². The second-order valence-corrected chi connectivity index (χ2v) is 9.23. The highest BCUT2D eigenvalue weighted by molar-refractivity contribution is 5.85. The number of hydrogen-bond acceptors (Lipinski definition) is 2. The smallest absolute Gasteiger partial charge is 0.111 e. The number of para-hydroxylation sites is 1. The summed E-state index contributed by atoms with van der Waals surface area (Å²) in [6.45, 7) is 4.91. The van der Waals surface area contributed by atoms with Crippen molar-refractivity contribution in [3.05, 3.63) is 84.1 Å². The Kier molecular flexibility index (Phi) is 4.83. The zero-order valence-corrected chi connectivity index (χ0v) is 18.2. The molecule has 1 aromatic heterocycles. The molecule has 2 aromatic carbocycles. The van der Waals surface area contributed by atoms with Crippen LogP contribution in [0.2, 0.25) is 0 Å². The number of aromatic nitrogens is 1. The average Bonchev–Trinajstić information content (AvgIpc) is 3.16. The molecule has 3 aromatic rings. The Hall–Kier alpha value is -2.36. The summed E-state index contributed by atoms with van der Waals surface area (Å²) in [5, 5.41) is 1.36. The second kappa shape index (κ2) is 7.40. The lowest BCUT2D eigenvalue weighted by Crippen LogP contribution is -2.54. The van der Waals surface area contributed by atoms with Gasteiger partial charge in [0.2, 0.25) is 0 Å². The third-order valence-electron chi connectivity index (χ3n) is 7.72. The van der Waals surface area contributed by atoms with Crippen molar-refractivity contribution in [2.45, 2.75) is 43.2 Å². The molecule has 3 unspecified atom stereocenters. The van der Waals surface area contributed by atoms with E-state index in [-0.39, 0.29) is 11.1 Å². The zero-order chi connectivity index (χ0) is 20.8. The van der Waals surface area contributed by atoms with E-state index >= 15 is 0 Å². The number of rotatable bonds is 4. The van der Waals surface area contributed by atoms with Crippen LogP contribution >= 0.6 is 0 Å². The molecule has 1 spiro atoms. The lowest BCUT2D eigenvalue weighted by Gasteiger charge is -2.55. The monoisotopic (exact) mass is 400 g/mol. The van der Waals surface area contributed by atoms with Crippen LogP contribution in [0.3, 0.4) is 0 Å². The van der Waals surface area contributed by atoms with Crippen molar-refractivity contribution in [2.24, 2.45) is 5.92 Å². The quantitative estimate of drug-likeness (QED) is 0.563. The van der Waals surface area contributed by atoms with Crippen LogP contribution in [0, 0.1) is 5.92 Å². The highest BCUT2D eigenvalue weighted by Crippen LogP contribution is 2.56. The van der Waals surface area contributed by atoms with Crippen LogP contribution in [0.4, 0.5) is 0 Å². The maximum atomic E-state index is 6.74. The topological polar surface area (TPSA) is 28.3 Å². The summed E-state index contributed by atoms with van der Waals surface area (Å²) in [5.74, 6) is 0.374. The molecule has 1 fully saturated rings. The number of nitrogens with one attached hydrogen (secondary N) is 1. The minimum absolute atomic E-state index is 0.0210. The largest absolute Gasteiger partial charge is 0.368 e. The molecule has 30 heavy (non-hydrogen) atoms. The van der Waals surface area contributed by atoms with Crippen LogP contribution in [0.15, 0.2) is 67.3 Å². The van der Waals surface area contributed by atoms with Gasteiger partial charge in [-0.25, -0.2) is 0 Å². The fourth-order valence-corrected chi connectivity index (χ4v) is 6.17. The van der Waals surface area contributed by atoms with Crippen LogP contribution in [-0.2, 0) is 22.3 Å². The molecule has 0 amide bonds. The van der Waals surface area contributed by atoms with Gasteiger partial charge < -0.3 is 9.72 Å². The predicted molar refractivity (Wildman–Crippen MR) is 124 cm³/mol. The molecule has 5 rings (SSSR count). The number of hydrogen-bond donors (Lipinski definition) is 1. The summed E-state index contributed by atoms with van der Waals surface area (Å²) in [6.07, 6.45) is 7.18. The normalized spacial score (nSPS) is 28.7. The molecule has 3 nitrogen and oxygen atoms in total. The van der Waals surface area contributed by atoms with E-state index in [1.165, 1.54) is 27.7 Å². The molecule has 0 saturated heterocycles. The van der Waals surface area contributed by atoms with E-state index in [9.17, 15) is 0 Å². The van der Waals surface area contributed by atoms with E-state index in [4.69, 9.17) is 4.74 Å². The summed E-state index contributed by atoms with van der Waals surface area (Å²) in [6, 6.07) is 19.7. The number of H-pyrrole nitrogens is 1. The number of benzene rings is 2. The lowest BCUT2D eigenvalue weighted by atomic mass is 9.61. The minimum Gasteiger partial charge on any atom is -0.368 e. The van der Waals surface area contributed by atoms with Gasteiger partial charge in [0.1, 0.15) is 5.60 Å². The first-order valence-corrected chi connectivity index (χ1v) is 11.2. The van der Waals surface area contributed by atoms with Crippen LogP contribution in [0.25, 0.3) is 10.9 Å². The Morgan fingerprint density at radius 3 is 2.63 bits per heavy atom. The zero-order valence-electron chi connectivity index (χ0n) is 18.2. The van der Waals surface area contributed by atoms with E-state index in [0.717, 1.165) is 38.7 Å². The number of ether oxygens (including phenoxy) is 1. The third-order valence-corrected chi connectivity index (χ3v) is 7.72. The molecule has 1 N–H and O–H groups in total. The van der Waals surface area contributed by atoms with Gasteiger partial charge in [-0.1, -0.05) is 54.6 Å². The van der Waals surface area contributed by atoms with Crippen molar-refractivity contribution in [1.29, 1.82) is 0 Å². The van der Waals surface area contributed by atoms with Crippen molar-refractivity contribution in [3.8, 4) is 0 Å². The summed E-state index contributed by atoms with van der Waals surface area (Å²) in [7, 11) is 4.46. The number of allylic oxidation sites excluding steroid dienone is 1. The van der Waals surface area contributed by atoms with Crippen LogP contribution in [0.1, 0.15) is 42.5 Å². The van der Waals surface area contributed by atoms with Gasteiger partial charge in [0.15, 0.2) is 0 Å². The van der Waals surface area contributed by atoms with Crippen LogP contribution in [-0.4, -0.2) is 30.6 Å². The molecular weight excluding hydrogens is 368 g/mol. The first kappa shape index (κ1) is 19.6. The maximum Gasteiger partial charge on any atom is 0.111 e. The summed E-state index contributed by atoms with van der Waals surface area (Å²) in [4.78, 5) is 6.22. The molecule has 2 heterocycles. The molecular formula is C27H32N2O. The second-order valence-electron chi connectivity index (χ2n) is 9.23. The molecule has 1 saturated carbocycles. The number of aromatic amines is 1. The fourth-order valence-electron chi connectivity index (χ4n) is 6.17. The molecule has 1 aliphatic heterocycles. The van der Waals surface area contributed by atoms with Gasteiger partial charge in [-0.2, -0.15) is 0 Å². The van der Waals surface area contributed by atoms with Crippen molar-refractivity contribution >= 4 is 10.9 Å². The van der Waals surface area contributed by atoms with E-state index < -0.39 is 0 Å². The maximum absolute atomic E-state index is 6.74. The van der Waals surface area contributed by atoms with Gasteiger partial charge in [-0.15, -0.1) is 6.58 Å². The highest BCUT2D eigenvalue weighted by atomic mass is 16.5. The van der Waals surface area contributed by atoms with Gasteiger partial charge >= 0.3 is 0 Å². The summed E-state index contributed by atoms with van der Waals surface area (Å²) >= 11 is 0. The van der Waals surface area contributed by atoms with E-state index in [2.05, 4.69) is 91.2 Å². The summed E-state index contributed by atoms with van der Waals surface area (Å²) in [5.41, 5.74) is 5.19. The fraction of sp³-hybridized carbons (Fsp3) is 0.407. The van der Waals surface area contributed by atoms with Gasteiger partial charge in [0.05, 0.1) is 12.3 Å². The number of fused-ring (bicyclic) bond motifs is 4. The van der Waals surface area contributed by atoms with E-state index in [1.54, 1.807) is 0 Å². The van der Waals surface area contributed by atoms with E-state index in [1.807, 2.05) is 0 Å². The first-order chi connectivity index (χ1) is 14.6. The van der Waals surface area contributed by atoms with E-state index in [0.29, 0.717) is 5.92 Å². The first-order valence-electron chi connectivity index (χ1n) is 11.2. The Labute approximate surface area is 179 Å². The average molecular weight is 401 g/mol. The Balaban J connectivity index is 1.63.